The number of allylic oxidation sites excluding steroid dienone is 1. The van der Waals surface area contributed by atoms with Gasteiger partial charge in [0.2, 0.25) is 0 Å². The average molecular weight is 596 g/mol. The molecule has 0 aliphatic heterocycles. The number of carbonyl (C=O) groups excluding carboxylic acids is 2. The lowest BCUT2D eigenvalue weighted by molar-refractivity contribution is 0.102. The molecule has 0 aliphatic carbocycles. The zero-order valence-electron chi connectivity index (χ0n) is 26.5. The van der Waals surface area contributed by atoms with Gasteiger partial charge in [0.05, 0.1) is 6.26 Å². The number of benzene rings is 3. The van der Waals surface area contributed by atoms with Crippen LogP contribution in [0, 0.1) is 0 Å². The zero-order chi connectivity index (χ0) is 33.0. The largest absolute Gasteiger partial charge is 0.514 e. The fraction of sp³-hybridized carbons (Fsp3) is 0.122. The number of rotatable bonds is 7. The van der Waals surface area contributed by atoms with Crippen molar-refractivity contribution >= 4 is 41.1 Å². The molecule has 0 heterocycles. The van der Waals surface area contributed by atoms with E-state index in [1.807, 2.05) is 42.5 Å². The van der Waals surface area contributed by atoms with Gasteiger partial charge in [-0.2, -0.15) is 0 Å². The summed E-state index contributed by atoms with van der Waals surface area (Å²) in [5, 5.41) is 9.92. The Morgan fingerprint density at radius 2 is 1.38 bits per heavy atom. The molecule has 0 atom stereocenters. The molecule has 4 aromatic rings. The van der Waals surface area contributed by atoms with Crippen molar-refractivity contribution in [3.8, 4) is 11.1 Å². The Kier molecular flexibility index (Phi) is 12.0. The van der Waals surface area contributed by atoms with E-state index in [0.29, 0.717) is 16.7 Å². The van der Waals surface area contributed by atoms with Crippen LogP contribution in [0.2, 0.25) is 0 Å². The first-order valence-electron chi connectivity index (χ1n) is 14.7. The zero-order valence-corrected chi connectivity index (χ0v) is 26.5. The number of aliphatic hydroxyl groups excluding tert-OH is 1. The summed E-state index contributed by atoms with van der Waals surface area (Å²) in [5.41, 5.74) is 11.4. The lowest BCUT2D eigenvalue weighted by Crippen LogP contribution is -2.10. The smallest absolute Gasteiger partial charge is 0.189 e. The van der Waals surface area contributed by atoms with Crippen LogP contribution in [0.5, 0.6) is 0 Å². The third-order valence-corrected chi connectivity index (χ3v) is 7.26. The monoisotopic (exact) mass is 595 g/mol. The number of aliphatic hydroxyl groups is 1. The van der Waals surface area contributed by atoms with E-state index in [1.165, 1.54) is 16.3 Å². The summed E-state index contributed by atoms with van der Waals surface area (Å²) >= 11 is 0. The normalized spacial score (nSPS) is 11.2. The number of hydrogen-bond donors (Lipinski definition) is 2. The molecule has 0 saturated carbocycles. The van der Waals surface area contributed by atoms with Gasteiger partial charge >= 0.3 is 0 Å². The van der Waals surface area contributed by atoms with E-state index >= 15 is 0 Å². The predicted molar refractivity (Wildman–Crippen MR) is 192 cm³/mol. The third-order valence-electron chi connectivity index (χ3n) is 7.26. The Hall–Kier alpha value is -5.48. The summed E-state index contributed by atoms with van der Waals surface area (Å²) in [4.78, 5) is 25.5. The summed E-state index contributed by atoms with van der Waals surface area (Å²) in [6.07, 6.45) is 7.76. The van der Waals surface area contributed by atoms with Crippen molar-refractivity contribution in [2.24, 2.45) is 5.73 Å². The van der Waals surface area contributed by atoms with E-state index in [1.54, 1.807) is 31.2 Å². The topological polar surface area (TPSA) is 80.4 Å². The van der Waals surface area contributed by atoms with Crippen LogP contribution in [0.25, 0.3) is 40.1 Å². The van der Waals surface area contributed by atoms with Crippen molar-refractivity contribution in [1.82, 2.24) is 0 Å². The molecule has 4 nitrogen and oxygen atoms in total. The highest BCUT2D eigenvalue weighted by atomic mass is 16.2. The van der Waals surface area contributed by atoms with Crippen LogP contribution in [-0.2, 0) is 5.41 Å². The van der Waals surface area contributed by atoms with Gasteiger partial charge in [0.1, 0.15) is 0 Å². The minimum atomic E-state index is -0.209. The number of fused-ring (bicyclic) bond motifs is 1. The van der Waals surface area contributed by atoms with Gasteiger partial charge in [0.15, 0.2) is 12.1 Å². The summed E-state index contributed by atoms with van der Waals surface area (Å²) in [7, 11) is 0. The molecule has 0 aliphatic rings. The van der Waals surface area contributed by atoms with E-state index in [-0.39, 0.29) is 11.2 Å². The van der Waals surface area contributed by atoms with Gasteiger partial charge in [-0.15, -0.1) is 0 Å². The van der Waals surface area contributed by atoms with Crippen molar-refractivity contribution in [3.05, 3.63) is 162 Å². The fourth-order valence-electron chi connectivity index (χ4n) is 4.79. The number of Topliss-reactive ketones (excluding diaryl/α,β-unsaturated/α-hetero) is 1. The first-order chi connectivity index (χ1) is 21.6. The van der Waals surface area contributed by atoms with Crippen molar-refractivity contribution < 1.29 is 14.7 Å². The second kappa shape index (κ2) is 15.8. The Bertz CT molecular complexity index is 1830. The molecule has 0 saturated heterocycles. The van der Waals surface area contributed by atoms with Crippen LogP contribution in [-0.4, -0.2) is 17.2 Å². The fourth-order valence-corrected chi connectivity index (χ4v) is 4.79. The first-order valence-corrected chi connectivity index (χ1v) is 14.7. The van der Waals surface area contributed by atoms with Gasteiger partial charge in [-0.05, 0) is 92.4 Å². The standard InChI is InChI=1S/C39H36O2.C2H5NO/c1-7-29-22-35(26-40)37(25-30(29)8-2)38(41)27(3)20-28-14-10-9-11-17-36(39(4,5)6)24-34(21-28)33-19-18-31-15-12-13-16-32(31)23-33;3-1-2-4/h7-26H,1-2H2,3-6H3;1-2,4H,3H2/b10-9?,11-9?,14-10?,17-11?,27-20-,28-14?,28-21?,34-21?,34-24?,36-17?,36-24?;2-1-. The van der Waals surface area contributed by atoms with Crippen LogP contribution >= 0.6 is 0 Å². The van der Waals surface area contributed by atoms with Crippen molar-refractivity contribution in [2.45, 2.75) is 33.1 Å². The van der Waals surface area contributed by atoms with Crippen molar-refractivity contribution in [3.63, 3.8) is 0 Å². The van der Waals surface area contributed by atoms with E-state index in [9.17, 15) is 9.59 Å². The first kappa shape index (κ1) is 34.0. The highest BCUT2D eigenvalue weighted by Gasteiger charge is 2.16. The maximum absolute atomic E-state index is 13.6. The summed E-state index contributed by atoms with van der Waals surface area (Å²) in [6, 6.07) is 32.7. The minimum absolute atomic E-state index is 0.0727. The molecule has 0 fully saturated rings. The minimum Gasteiger partial charge on any atom is -0.514 e. The number of ketones is 1. The highest BCUT2D eigenvalue weighted by molar-refractivity contribution is 6.14. The van der Waals surface area contributed by atoms with Crippen LogP contribution in [0.15, 0.2) is 128 Å². The molecule has 0 aromatic heterocycles. The van der Waals surface area contributed by atoms with Crippen LogP contribution in [0.3, 0.4) is 0 Å². The predicted octanol–water partition coefficient (Wildman–Crippen LogP) is 10.3. The summed E-state index contributed by atoms with van der Waals surface area (Å²) in [6.45, 7) is 16.1. The number of aldehydes is 1. The third kappa shape index (κ3) is 9.01. The quantitative estimate of drug-likeness (QED) is 0.0964. The Morgan fingerprint density at radius 3 is 2.00 bits per heavy atom. The molecule has 0 radical (unpaired) electrons. The molecule has 4 heteroatoms. The van der Waals surface area contributed by atoms with Crippen LogP contribution in [0.1, 0.15) is 70.7 Å². The molecule has 3 N–H and O–H groups in total. The summed E-state index contributed by atoms with van der Waals surface area (Å²) in [5.74, 6) is -0.209. The molecule has 0 spiro atoms. The van der Waals surface area contributed by atoms with Crippen LogP contribution in [0.4, 0.5) is 0 Å². The van der Waals surface area contributed by atoms with Crippen molar-refractivity contribution in [1.29, 1.82) is 0 Å². The van der Waals surface area contributed by atoms with Gasteiger partial charge in [-0.25, -0.2) is 0 Å². The molecule has 4 rings (SSSR count). The Balaban J connectivity index is 0.00000130. The van der Waals surface area contributed by atoms with Gasteiger partial charge < -0.3 is 10.8 Å². The Morgan fingerprint density at radius 1 is 0.756 bits per heavy atom. The highest BCUT2D eigenvalue weighted by Crippen LogP contribution is 2.29. The average Bonchev–Trinajstić information content (AvgIpc) is 3.05. The SMILES string of the molecule is C=Cc1cc(C=O)c(C(=O)/C(C)=C\c2cccccc(C(C)(C)C)cc(-c3ccc4ccccc4c3)c2)cc1C=C.N/C=C\O. The van der Waals surface area contributed by atoms with E-state index in [2.05, 4.69) is 88.2 Å². The Labute approximate surface area is 266 Å². The van der Waals surface area contributed by atoms with Gasteiger partial charge in [-0.1, -0.05) is 119 Å². The summed E-state index contributed by atoms with van der Waals surface area (Å²) < 4.78 is 0. The maximum atomic E-state index is 13.6. The molecule has 0 bridgehead atoms. The number of carbonyl (C=O) groups is 2. The maximum Gasteiger partial charge on any atom is 0.189 e. The van der Waals surface area contributed by atoms with Crippen LogP contribution < -0.4 is 5.73 Å². The van der Waals surface area contributed by atoms with Crippen molar-refractivity contribution in [2.75, 3.05) is 0 Å². The molecule has 228 valence electrons. The van der Waals surface area contributed by atoms with E-state index < -0.39 is 0 Å². The lowest BCUT2D eigenvalue weighted by atomic mass is 9.86. The number of nitrogens with two attached hydrogens (primary N) is 1. The molecule has 4 aromatic carbocycles. The van der Waals surface area contributed by atoms with E-state index in [4.69, 9.17) is 5.11 Å². The number of hydrogen-bond acceptors (Lipinski definition) is 4. The van der Waals surface area contributed by atoms with Gasteiger partial charge in [-0.3, -0.25) is 9.59 Å². The van der Waals surface area contributed by atoms with Gasteiger partial charge in [0.25, 0.3) is 0 Å². The van der Waals surface area contributed by atoms with E-state index in [0.717, 1.165) is 46.6 Å². The molecular formula is C41H41NO3. The second-order valence-electron chi connectivity index (χ2n) is 11.5. The molecule has 0 amide bonds. The second-order valence-corrected chi connectivity index (χ2v) is 11.5. The molecular weight excluding hydrogens is 554 g/mol. The van der Waals surface area contributed by atoms with Gasteiger partial charge in [0, 0.05) is 17.3 Å². The lowest BCUT2D eigenvalue weighted by Gasteiger charge is -2.19. The molecule has 0 unspecified atom stereocenters. The molecule has 45 heavy (non-hydrogen) atoms.